The molecule has 0 saturated carbocycles. The van der Waals surface area contributed by atoms with Crippen LogP contribution in [0.1, 0.15) is 6.92 Å². The van der Waals surface area contributed by atoms with Gasteiger partial charge in [0.15, 0.2) is 0 Å². The molecule has 0 amide bonds. The Morgan fingerprint density at radius 3 is 2.44 bits per heavy atom. The zero-order chi connectivity index (χ0) is 7.33. The largest absolute Gasteiger partial charge is 0.381 e. The van der Waals surface area contributed by atoms with Gasteiger partial charge in [0.2, 0.25) is 9.05 Å². The van der Waals surface area contributed by atoms with Gasteiger partial charge in [0.05, 0.1) is 12.4 Å². The first-order valence-electron chi connectivity index (χ1n) is 2.56. The van der Waals surface area contributed by atoms with Gasteiger partial charge in [-0.1, -0.05) is 0 Å². The lowest BCUT2D eigenvalue weighted by Crippen LogP contribution is -2.05. The van der Waals surface area contributed by atoms with E-state index in [-0.39, 0.29) is 12.4 Å². The molecule has 5 heteroatoms. The first kappa shape index (κ1) is 9.20. The second kappa shape index (κ2) is 4.09. The SMILES string of the molecule is CCOCCS(=O)(=O)Cl. The Bertz CT molecular complexity index is 151. The lowest BCUT2D eigenvalue weighted by molar-refractivity contribution is 0.163. The van der Waals surface area contributed by atoms with E-state index in [1.807, 2.05) is 0 Å². The van der Waals surface area contributed by atoms with Crippen molar-refractivity contribution < 1.29 is 13.2 Å². The van der Waals surface area contributed by atoms with Crippen LogP contribution in [0.3, 0.4) is 0 Å². The van der Waals surface area contributed by atoms with E-state index in [4.69, 9.17) is 15.4 Å². The molecule has 3 nitrogen and oxygen atoms in total. The summed E-state index contributed by atoms with van der Waals surface area (Å²) in [6.07, 6.45) is 0. The average molecular weight is 173 g/mol. The van der Waals surface area contributed by atoms with Crippen LogP contribution in [-0.2, 0) is 13.8 Å². The van der Waals surface area contributed by atoms with Crippen LogP contribution in [0.4, 0.5) is 0 Å². The van der Waals surface area contributed by atoms with Crippen LogP contribution in [0.15, 0.2) is 0 Å². The summed E-state index contributed by atoms with van der Waals surface area (Å²) in [5.41, 5.74) is 0. The fourth-order valence-corrected chi connectivity index (χ4v) is 0.809. The maximum absolute atomic E-state index is 10.2. The number of halogens is 1. The van der Waals surface area contributed by atoms with Crippen LogP contribution in [-0.4, -0.2) is 27.4 Å². The summed E-state index contributed by atoms with van der Waals surface area (Å²) in [6, 6.07) is 0. The highest BCUT2D eigenvalue weighted by molar-refractivity contribution is 8.13. The summed E-state index contributed by atoms with van der Waals surface area (Å²) in [7, 11) is 1.51. The summed E-state index contributed by atoms with van der Waals surface area (Å²) in [6.45, 7) is 2.50. The van der Waals surface area contributed by atoms with Crippen LogP contribution in [0.25, 0.3) is 0 Å². The lowest BCUT2D eigenvalue weighted by atomic mass is 10.8. The quantitative estimate of drug-likeness (QED) is 0.461. The van der Waals surface area contributed by atoms with E-state index in [1.54, 1.807) is 6.92 Å². The van der Waals surface area contributed by atoms with Gasteiger partial charge in [-0.15, -0.1) is 0 Å². The van der Waals surface area contributed by atoms with Gasteiger partial charge in [0.1, 0.15) is 0 Å². The van der Waals surface area contributed by atoms with E-state index in [1.165, 1.54) is 0 Å². The fourth-order valence-electron chi connectivity index (χ4n) is 0.303. The molecule has 0 fully saturated rings. The van der Waals surface area contributed by atoms with Crippen molar-refractivity contribution in [2.45, 2.75) is 6.92 Å². The van der Waals surface area contributed by atoms with Gasteiger partial charge in [-0.05, 0) is 6.92 Å². The van der Waals surface area contributed by atoms with Crippen molar-refractivity contribution in [1.29, 1.82) is 0 Å². The smallest absolute Gasteiger partial charge is 0.234 e. The fraction of sp³-hybridized carbons (Fsp3) is 1.00. The molecule has 0 N–H and O–H groups in total. The second-order valence-corrected chi connectivity index (χ2v) is 4.34. The van der Waals surface area contributed by atoms with E-state index in [9.17, 15) is 8.42 Å². The molecule has 0 unspecified atom stereocenters. The topological polar surface area (TPSA) is 43.4 Å². The molecule has 56 valence electrons. The van der Waals surface area contributed by atoms with Crippen molar-refractivity contribution in [2.75, 3.05) is 19.0 Å². The monoisotopic (exact) mass is 172 g/mol. The Labute approximate surface area is 59.4 Å². The standard InChI is InChI=1S/C4H9ClO3S/c1-2-8-3-4-9(5,6)7/h2-4H2,1H3. The average Bonchev–Trinajstić information content (AvgIpc) is 1.63. The molecule has 0 heterocycles. The van der Waals surface area contributed by atoms with Gasteiger partial charge in [0, 0.05) is 17.3 Å². The molecule has 0 aliphatic heterocycles. The molecule has 0 spiro atoms. The third-order valence-corrected chi connectivity index (χ3v) is 1.79. The molecule has 0 aliphatic carbocycles. The van der Waals surface area contributed by atoms with Crippen LogP contribution in [0.2, 0.25) is 0 Å². The summed E-state index contributed by atoms with van der Waals surface area (Å²) in [4.78, 5) is 0. The molecule has 0 bridgehead atoms. The van der Waals surface area contributed by atoms with Gasteiger partial charge < -0.3 is 4.74 Å². The number of rotatable bonds is 4. The summed E-state index contributed by atoms with van der Waals surface area (Å²) < 4.78 is 25.1. The van der Waals surface area contributed by atoms with Crippen LogP contribution >= 0.6 is 10.7 Å². The Morgan fingerprint density at radius 1 is 1.56 bits per heavy atom. The van der Waals surface area contributed by atoms with Crippen LogP contribution < -0.4 is 0 Å². The number of hydrogen-bond acceptors (Lipinski definition) is 3. The maximum atomic E-state index is 10.2. The minimum Gasteiger partial charge on any atom is -0.381 e. The van der Waals surface area contributed by atoms with Crippen LogP contribution in [0.5, 0.6) is 0 Å². The molecule has 0 aromatic heterocycles. The van der Waals surface area contributed by atoms with Gasteiger partial charge >= 0.3 is 0 Å². The highest BCUT2D eigenvalue weighted by Gasteiger charge is 2.02. The van der Waals surface area contributed by atoms with E-state index in [2.05, 4.69) is 0 Å². The van der Waals surface area contributed by atoms with Crippen LogP contribution in [0, 0.1) is 0 Å². The molecule has 0 saturated heterocycles. The second-order valence-electron chi connectivity index (χ2n) is 1.44. The molecule has 0 rings (SSSR count). The predicted octanol–water partition coefficient (Wildman–Crippen LogP) is 0.592. The lowest BCUT2D eigenvalue weighted by Gasteiger charge is -1.95. The van der Waals surface area contributed by atoms with E-state index in [0.29, 0.717) is 6.61 Å². The van der Waals surface area contributed by atoms with E-state index < -0.39 is 9.05 Å². The number of hydrogen-bond donors (Lipinski definition) is 0. The maximum Gasteiger partial charge on any atom is 0.234 e. The van der Waals surface area contributed by atoms with Gasteiger partial charge in [0.25, 0.3) is 0 Å². The third-order valence-electron chi connectivity index (χ3n) is 0.676. The highest BCUT2D eigenvalue weighted by atomic mass is 35.7. The minimum absolute atomic E-state index is 0.109. The highest BCUT2D eigenvalue weighted by Crippen LogP contribution is 1.94. The van der Waals surface area contributed by atoms with Gasteiger partial charge in [-0.2, -0.15) is 0 Å². The van der Waals surface area contributed by atoms with Crippen molar-refractivity contribution >= 4 is 19.7 Å². The molecule has 0 aliphatic rings. The summed E-state index contributed by atoms with van der Waals surface area (Å²) >= 11 is 0. The van der Waals surface area contributed by atoms with Gasteiger partial charge in [-0.3, -0.25) is 0 Å². The molecular weight excluding hydrogens is 164 g/mol. The minimum atomic E-state index is -3.35. The molecule has 9 heavy (non-hydrogen) atoms. The zero-order valence-electron chi connectivity index (χ0n) is 5.13. The van der Waals surface area contributed by atoms with Crippen molar-refractivity contribution in [3.05, 3.63) is 0 Å². The number of ether oxygens (including phenoxy) is 1. The molecular formula is C4H9ClO3S. The molecule has 0 aromatic carbocycles. The van der Waals surface area contributed by atoms with E-state index in [0.717, 1.165) is 0 Å². The normalized spacial score (nSPS) is 11.8. The Kier molecular flexibility index (Phi) is 4.18. The first-order chi connectivity index (χ1) is 4.06. The third kappa shape index (κ3) is 8.20. The Hall–Kier alpha value is 0.200. The summed E-state index contributed by atoms with van der Waals surface area (Å²) in [5, 5.41) is 0. The summed E-state index contributed by atoms with van der Waals surface area (Å²) in [5.74, 6) is -0.109. The molecule has 0 atom stereocenters. The van der Waals surface area contributed by atoms with Crippen molar-refractivity contribution in [3.63, 3.8) is 0 Å². The first-order valence-corrected chi connectivity index (χ1v) is 5.04. The Morgan fingerprint density at radius 2 is 2.11 bits per heavy atom. The zero-order valence-corrected chi connectivity index (χ0v) is 6.70. The van der Waals surface area contributed by atoms with Crippen molar-refractivity contribution in [2.24, 2.45) is 0 Å². The van der Waals surface area contributed by atoms with Crippen molar-refractivity contribution in [3.8, 4) is 0 Å². The molecule has 0 aromatic rings. The molecule has 0 radical (unpaired) electrons. The van der Waals surface area contributed by atoms with E-state index >= 15 is 0 Å². The predicted molar refractivity (Wildman–Crippen MR) is 36.1 cm³/mol. The van der Waals surface area contributed by atoms with Crippen molar-refractivity contribution in [1.82, 2.24) is 0 Å². The van der Waals surface area contributed by atoms with Gasteiger partial charge in [-0.25, -0.2) is 8.42 Å². The Balaban J connectivity index is 3.30.